The number of pyridine rings is 1. The van der Waals surface area contributed by atoms with E-state index in [-0.39, 0.29) is 12.0 Å². The quantitative estimate of drug-likeness (QED) is 0.586. The summed E-state index contributed by atoms with van der Waals surface area (Å²) in [6.07, 6.45) is 9.99. The van der Waals surface area contributed by atoms with Gasteiger partial charge in [0.05, 0.1) is 12.7 Å². The van der Waals surface area contributed by atoms with Crippen LogP contribution < -0.4 is 5.32 Å². The minimum atomic E-state index is -0.0917. The highest BCUT2D eigenvalue weighted by Gasteiger charge is 2.14. The molecule has 0 spiro atoms. The van der Waals surface area contributed by atoms with Crippen molar-refractivity contribution in [3.63, 3.8) is 0 Å². The van der Waals surface area contributed by atoms with Gasteiger partial charge in [-0.2, -0.15) is 0 Å². The molecule has 0 aliphatic carbocycles. The van der Waals surface area contributed by atoms with Crippen molar-refractivity contribution in [3.05, 3.63) is 36.2 Å². The highest BCUT2D eigenvalue weighted by molar-refractivity contribution is 5.91. The van der Waals surface area contributed by atoms with Crippen LogP contribution in [0.1, 0.15) is 24.8 Å². The molecule has 1 fully saturated rings. The molecule has 5 heteroatoms. The van der Waals surface area contributed by atoms with Gasteiger partial charge in [0.2, 0.25) is 5.91 Å². The first kappa shape index (κ1) is 15.7. The second-order valence-electron chi connectivity index (χ2n) is 4.97. The van der Waals surface area contributed by atoms with Gasteiger partial charge in [-0.1, -0.05) is 0 Å². The van der Waals surface area contributed by atoms with Crippen molar-refractivity contribution >= 4 is 12.0 Å². The zero-order chi connectivity index (χ0) is 14.8. The highest BCUT2D eigenvalue weighted by atomic mass is 16.5. The Kier molecular flexibility index (Phi) is 6.91. The molecule has 2 rings (SSSR count). The lowest BCUT2D eigenvalue weighted by Gasteiger charge is -2.09. The number of nitrogens with one attached hydrogen (secondary N) is 1. The molecule has 1 atom stereocenters. The molecule has 1 saturated heterocycles. The van der Waals surface area contributed by atoms with Crippen molar-refractivity contribution in [1.29, 1.82) is 0 Å². The second-order valence-corrected chi connectivity index (χ2v) is 4.97. The van der Waals surface area contributed by atoms with Crippen molar-refractivity contribution in [2.45, 2.75) is 25.4 Å². The van der Waals surface area contributed by atoms with Gasteiger partial charge < -0.3 is 14.8 Å². The van der Waals surface area contributed by atoms with Crippen LogP contribution in [-0.2, 0) is 14.3 Å². The first-order chi connectivity index (χ1) is 10.3. The largest absolute Gasteiger partial charge is 0.379 e. The number of carbonyl (C=O) groups excluding carboxylic acids is 1. The van der Waals surface area contributed by atoms with Crippen LogP contribution in [0.15, 0.2) is 30.6 Å². The number of rotatable bonds is 8. The topological polar surface area (TPSA) is 60.5 Å². The fourth-order valence-corrected chi connectivity index (χ4v) is 2.08. The summed E-state index contributed by atoms with van der Waals surface area (Å²) in [6.45, 7) is 2.78. The third-order valence-corrected chi connectivity index (χ3v) is 3.23. The molecule has 0 aromatic carbocycles. The van der Waals surface area contributed by atoms with Crippen LogP contribution in [0.25, 0.3) is 6.08 Å². The Morgan fingerprint density at radius 3 is 3.10 bits per heavy atom. The van der Waals surface area contributed by atoms with Crippen LogP contribution in [0.5, 0.6) is 0 Å². The normalized spacial score (nSPS) is 18.2. The monoisotopic (exact) mass is 290 g/mol. The summed E-state index contributed by atoms with van der Waals surface area (Å²) in [7, 11) is 0. The fraction of sp³-hybridized carbons (Fsp3) is 0.500. The average molecular weight is 290 g/mol. The summed E-state index contributed by atoms with van der Waals surface area (Å²) in [5, 5.41) is 2.83. The van der Waals surface area contributed by atoms with Crippen LogP contribution in [0, 0.1) is 0 Å². The molecular weight excluding hydrogens is 268 g/mol. The fourth-order valence-electron chi connectivity index (χ4n) is 2.08. The Morgan fingerprint density at radius 1 is 1.48 bits per heavy atom. The Bertz CT molecular complexity index is 442. The lowest BCUT2D eigenvalue weighted by molar-refractivity contribution is -0.116. The van der Waals surface area contributed by atoms with Gasteiger partial charge >= 0.3 is 0 Å². The molecule has 0 saturated carbocycles. The number of nitrogens with zero attached hydrogens (tertiary/aromatic N) is 1. The number of ether oxygens (including phenoxy) is 2. The Balaban J connectivity index is 1.50. The second kappa shape index (κ2) is 9.26. The number of amides is 1. The maximum Gasteiger partial charge on any atom is 0.244 e. The van der Waals surface area contributed by atoms with E-state index in [0.717, 1.165) is 31.4 Å². The Morgan fingerprint density at radius 2 is 2.33 bits per heavy atom. The van der Waals surface area contributed by atoms with Crippen LogP contribution in [0.4, 0.5) is 0 Å². The zero-order valence-corrected chi connectivity index (χ0v) is 12.2. The zero-order valence-electron chi connectivity index (χ0n) is 12.2. The molecule has 0 unspecified atom stereocenters. The van der Waals surface area contributed by atoms with E-state index in [2.05, 4.69) is 10.3 Å². The molecular formula is C16H22N2O3. The molecule has 1 aliphatic heterocycles. The van der Waals surface area contributed by atoms with E-state index in [4.69, 9.17) is 9.47 Å². The smallest absolute Gasteiger partial charge is 0.244 e. The molecule has 1 amide bonds. The van der Waals surface area contributed by atoms with E-state index in [9.17, 15) is 4.79 Å². The predicted molar refractivity (Wildman–Crippen MR) is 80.7 cm³/mol. The van der Waals surface area contributed by atoms with E-state index in [0.29, 0.717) is 19.8 Å². The van der Waals surface area contributed by atoms with Crippen molar-refractivity contribution < 1.29 is 14.3 Å². The standard InChI is InChI=1S/C16H22N2O3/c19-16(5-4-14-6-9-17-10-7-14)18-8-2-11-20-13-15-3-1-12-21-15/h4-7,9-10,15H,1-3,8,11-13H2,(H,18,19)/b5-4+/t15-/m1/s1. The lowest BCUT2D eigenvalue weighted by atomic mass is 10.2. The van der Waals surface area contributed by atoms with Crippen molar-refractivity contribution in [2.24, 2.45) is 0 Å². The number of hydrogen-bond acceptors (Lipinski definition) is 4. The van der Waals surface area contributed by atoms with Gasteiger partial charge in [0.25, 0.3) is 0 Å². The first-order valence-electron chi connectivity index (χ1n) is 7.40. The molecule has 0 bridgehead atoms. The summed E-state index contributed by atoms with van der Waals surface area (Å²) < 4.78 is 11.0. The molecule has 1 aliphatic rings. The molecule has 114 valence electrons. The molecule has 0 radical (unpaired) electrons. The van der Waals surface area contributed by atoms with E-state index >= 15 is 0 Å². The van der Waals surface area contributed by atoms with E-state index in [1.165, 1.54) is 6.08 Å². The number of carbonyl (C=O) groups is 1. The van der Waals surface area contributed by atoms with E-state index in [1.807, 2.05) is 12.1 Å². The number of hydrogen-bond donors (Lipinski definition) is 1. The minimum absolute atomic E-state index is 0.0917. The molecule has 2 heterocycles. The van der Waals surface area contributed by atoms with Gasteiger partial charge in [-0.25, -0.2) is 0 Å². The highest BCUT2D eigenvalue weighted by Crippen LogP contribution is 2.11. The third-order valence-electron chi connectivity index (χ3n) is 3.23. The molecule has 21 heavy (non-hydrogen) atoms. The summed E-state index contributed by atoms with van der Waals surface area (Å²) in [4.78, 5) is 15.5. The van der Waals surface area contributed by atoms with Gasteiger partial charge in [0, 0.05) is 38.2 Å². The molecule has 1 aromatic rings. The van der Waals surface area contributed by atoms with E-state index < -0.39 is 0 Å². The van der Waals surface area contributed by atoms with Gasteiger partial charge in [0.15, 0.2) is 0 Å². The Hall–Kier alpha value is -1.72. The van der Waals surface area contributed by atoms with Gasteiger partial charge in [-0.05, 0) is 43.0 Å². The summed E-state index contributed by atoms with van der Waals surface area (Å²) in [5.41, 5.74) is 0.958. The maximum absolute atomic E-state index is 11.6. The van der Waals surface area contributed by atoms with Gasteiger partial charge in [-0.3, -0.25) is 9.78 Å². The summed E-state index contributed by atoms with van der Waals surface area (Å²) >= 11 is 0. The summed E-state index contributed by atoms with van der Waals surface area (Å²) in [6, 6.07) is 3.70. The molecule has 1 aromatic heterocycles. The average Bonchev–Trinajstić information content (AvgIpc) is 3.03. The van der Waals surface area contributed by atoms with Crippen molar-refractivity contribution in [2.75, 3.05) is 26.4 Å². The summed E-state index contributed by atoms with van der Waals surface area (Å²) in [5.74, 6) is -0.0917. The van der Waals surface area contributed by atoms with Crippen molar-refractivity contribution in [3.8, 4) is 0 Å². The van der Waals surface area contributed by atoms with E-state index in [1.54, 1.807) is 18.5 Å². The van der Waals surface area contributed by atoms with Crippen molar-refractivity contribution in [1.82, 2.24) is 10.3 Å². The molecule has 5 nitrogen and oxygen atoms in total. The third kappa shape index (κ3) is 6.51. The first-order valence-corrected chi connectivity index (χ1v) is 7.40. The van der Waals surface area contributed by atoms with Crippen LogP contribution >= 0.6 is 0 Å². The maximum atomic E-state index is 11.6. The SMILES string of the molecule is O=C(/C=C/c1ccncc1)NCCCOC[C@H]1CCCO1. The van der Waals surface area contributed by atoms with Crippen LogP contribution in [-0.4, -0.2) is 43.4 Å². The van der Waals surface area contributed by atoms with Crippen LogP contribution in [0.2, 0.25) is 0 Å². The van der Waals surface area contributed by atoms with Crippen LogP contribution in [0.3, 0.4) is 0 Å². The minimum Gasteiger partial charge on any atom is -0.379 e. The number of aromatic nitrogens is 1. The predicted octanol–water partition coefficient (Wildman–Crippen LogP) is 1.80. The van der Waals surface area contributed by atoms with Gasteiger partial charge in [0.1, 0.15) is 0 Å². The van der Waals surface area contributed by atoms with Gasteiger partial charge in [-0.15, -0.1) is 0 Å². The Labute approximate surface area is 125 Å². The lowest BCUT2D eigenvalue weighted by Crippen LogP contribution is -2.23. The molecule has 1 N–H and O–H groups in total.